The Morgan fingerprint density at radius 3 is 2.52 bits per heavy atom. The molecule has 4 rings (SSSR count). The molecule has 3 aromatic rings. The van der Waals surface area contributed by atoms with Gasteiger partial charge < -0.3 is 13.9 Å². The van der Waals surface area contributed by atoms with Crippen molar-refractivity contribution in [3.05, 3.63) is 58.1 Å². The molecule has 152 valence electrons. The number of furan rings is 1. The van der Waals surface area contributed by atoms with Crippen molar-refractivity contribution >= 4 is 28.3 Å². The van der Waals surface area contributed by atoms with Gasteiger partial charge in [-0.3, -0.25) is 0 Å². The molecule has 0 atom stereocenters. The normalized spacial score (nSPS) is 13.5. The Kier molecular flexibility index (Phi) is 5.21. The highest BCUT2D eigenvalue weighted by Crippen LogP contribution is 2.45. The minimum Gasteiger partial charge on any atom is -0.491 e. The van der Waals surface area contributed by atoms with Gasteiger partial charge in [0.1, 0.15) is 5.58 Å². The summed E-state index contributed by atoms with van der Waals surface area (Å²) < 4.78 is 60.0. The van der Waals surface area contributed by atoms with Crippen molar-refractivity contribution in [3.63, 3.8) is 0 Å². The van der Waals surface area contributed by atoms with Crippen LogP contribution in [0.15, 0.2) is 34.3 Å². The second kappa shape index (κ2) is 7.67. The predicted molar refractivity (Wildman–Crippen MR) is 105 cm³/mol. The number of allylic oxidation sites excluding steroid dienone is 1. The Hall–Kier alpha value is -2.60. The van der Waals surface area contributed by atoms with Gasteiger partial charge in [-0.2, -0.15) is 4.39 Å². The summed E-state index contributed by atoms with van der Waals surface area (Å²) in [6, 6.07) is 5.68. The third-order valence-electron chi connectivity index (χ3n) is 5.01. The van der Waals surface area contributed by atoms with E-state index in [1.807, 2.05) is 6.92 Å². The molecule has 1 aliphatic rings. The van der Waals surface area contributed by atoms with Gasteiger partial charge in [-0.05, 0) is 50.0 Å². The fourth-order valence-electron chi connectivity index (χ4n) is 3.49. The van der Waals surface area contributed by atoms with Crippen LogP contribution in [0.1, 0.15) is 31.9 Å². The van der Waals surface area contributed by atoms with Crippen LogP contribution >= 0.6 is 11.6 Å². The van der Waals surface area contributed by atoms with Gasteiger partial charge in [0.25, 0.3) is 0 Å². The third kappa shape index (κ3) is 3.25. The lowest BCUT2D eigenvalue weighted by Crippen LogP contribution is -2.05. The van der Waals surface area contributed by atoms with Gasteiger partial charge in [0.05, 0.1) is 13.7 Å². The first-order valence-electron chi connectivity index (χ1n) is 9.25. The lowest BCUT2D eigenvalue weighted by molar-refractivity contribution is 0.281. The Morgan fingerprint density at radius 2 is 1.90 bits per heavy atom. The van der Waals surface area contributed by atoms with Crippen LogP contribution in [-0.4, -0.2) is 13.7 Å². The summed E-state index contributed by atoms with van der Waals surface area (Å²) in [5, 5.41) is 0.940. The number of methoxy groups -OCH3 is 1. The number of ether oxygens (including phenoxy) is 2. The Morgan fingerprint density at radius 1 is 1.14 bits per heavy atom. The van der Waals surface area contributed by atoms with Crippen molar-refractivity contribution in [2.24, 2.45) is 0 Å². The lowest BCUT2D eigenvalue weighted by atomic mass is 9.89. The zero-order chi connectivity index (χ0) is 20.7. The van der Waals surface area contributed by atoms with E-state index in [1.54, 1.807) is 18.2 Å². The molecule has 2 aromatic carbocycles. The molecule has 0 spiro atoms. The minimum absolute atomic E-state index is 0.172. The molecule has 1 heterocycles. The van der Waals surface area contributed by atoms with Crippen LogP contribution in [0.2, 0.25) is 5.02 Å². The quantitative estimate of drug-likeness (QED) is 0.324. The maximum atomic E-state index is 15.2. The second-order valence-electron chi connectivity index (χ2n) is 6.73. The third-order valence-corrected chi connectivity index (χ3v) is 5.25. The van der Waals surface area contributed by atoms with Crippen LogP contribution < -0.4 is 4.74 Å². The molecule has 3 nitrogen and oxygen atoms in total. The first-order valence-corrected chi connectivity index (χ1v) is 9.63. The molecule has 1 saturated carbocycles. The van der Waals surface area contributed by atoms with E-state index in [9.17, 15) is 8.78 Å². The molecule has 1 fully saturated rings. The molecule has 1 aromatic heterocycles. The maximum Gasteiger partial charge on any atom is 0.203 e. The van der Waals surface area contributed by atoms with Gasteiger partial charge in [0.15, 0.2) is 28.9 Å². The van der Waals surface area contributed by atoms with E-state index in [0.29, 0.717) is 28.4 Å². The van der Waals surface area contributed by atoms with Gasteiger partial charge in [-0.15, -0.1) is 0 Å². The molecule has 0 radical (unpaired) electrons. The van der Waals surface area contributed by atoms with Crippen molar-refractivity contribution in [1.82, 2.24) is 0 Å². The fraction of sp³-hybridized carbons (Fsp3) is 0.273. The van der Waals surface area contributed by atoms with E-state index >= 15 is 4.39 Å². The Balaban J connectivity index is 2.08. The van der Waals surface area contributed by atoms with Crippen LogP contribution in [0.4, 0.5) is 13.2 Å². The summed E-state index contributed by atoms with van der Waals surface area (Å²) in [7, 11) is 1.08. The van der Waals surface area contributed by atoms with Crippen molar-refractivity contribution in [2.45, 2.75) is 26.2 Å². The molecule has 29 heavy (non-hydrogen) atoms. The molecule has 0 N–H and O–H groups in total. The van der Waals surface area contributed by atoms with Gasteiger partial charge in [0, 0.05) is 27.6 Å². The Bertz CT molecular complexity index is 1130. The van der Waals surface area contributed by atoms with Crippen molar-refractivity contribution < 1.29 is 27.1 Å². The first-order chi connectivity index (χ1) is 14.0. The van der Waals surface area contributed by atoms with Crippen molar-refractivity contribution in [2.75, 3.05) is 13.7 Å². The van der Waals surface area contributed by atoms with Crippen LogP contribution in [0.5, 0.6) is 5.75 Å². The summed E-state index contributed by atoms with van der Waals surface area (Å²) in [5.41, 5.74) is 1.53. The lowest BCUT2D eigenvalue weighted by Gasteiger charge is -2.21. The van der Waals surface area contributed by atoms with Gasteiger partial charge in [-0.1, -0.05) is 11.6 Å². The molecule has 0 bridgehead atoms. The highest BCUT2D eigenvalue weighted by Gasteiger charge is 2.30. The topological polar surface area (TPSA) is 31.6 Å². The number of rotatable bonds is 5. The minimum atomic E-state index is -1.38. The number of benzene rings is 2. The van der Waals surface area contributed by atoms with E-state index in [1.165, 1.54) is 0 Å². The van der Waals surface area contributed by atoms with Crippen LogP contribution in [0.3, 0.4) is 0 Å². The highest BCUT2D eigenvalue weighted by atomic mass is 35.5. The van der Waals surface area contributed by atoms with E-state index < -0.39 is 23.2 Å². The molecule has 0 saturated heterocycles. The standard InChI is InChI=1S/C22H18ClF3O3/c1-3-28-20(11-5-4-6-11)21-17(13-8-7-12(23)9-16(13)29-21)14-10-15(24)19(26)22(27-2)18(14)25/h7-10H,3-6H2,1-2H3. The molecule has 0 amide bonds. The van der Waals surface area contributed by atoms with Crippen LogP contribution in [-0.2, 0) is 4.74 Å². The fourth-order valence-corrected chi connectivity index (χ4v) is 3.65. The second-order valence-corrected chi connectivity index (χ2v) is 7.17. The molecular weight excluding hydrogens is 405 g/mol. The van der Waals surface area contributed by atoms with E-state index in [2.05, 4.69) is 0 Å². The smallest absolute Gasteiger partial charge is 0.203 e. The predicted octanol–water partition coefficient (Wildman–Crippen LogP) is 7.11. The van der Waals surface area contributed by atoms with Crippen LogP contribution in [0, 0.1) is 17.5 Å². The van der Waals surface area contributed by atoms with Crippen molar-refractivity contribution in [3.8, 4) is 16.9 Å². The number of hydrogen-bond donors (Lipinski definition) is 0. The average Bonchev–Trinajstić information content (AvgIpc) is 3.01. The largest absolute Gasteiger partial charge is 0.491 e. The molecule has 1 aliphatic carbocycles. The van der Waals surface area contributed by atoms with Crippen LogP contribution in [0.25, 0.3) is 27.9 Å². The summed E-state index contributed by atoms with van der Waals surface area (Å²) >= 11 is 6.09. The number of fused-ring (bicyclic) bond motifs is 1. The molecular formula is C22H18ClF3O3. The molecule has 7 heteroatoms. The number of hydrogen-bond acceptors (Lipinski definition) is 3. The van der Waals surface area contributed by atoms with Gasteiger partial charge in [0.2, 0.25) is 5.82 Å². The molecule has 0 unspecified atom stereocenters. The maximum absolute atomic E-state index is 15.2. The summed E-state index contributed by atoms with van der Waals surface area (Å²) in [6.45, 7) is 2.21. The summed E-state index contributed by atoms with van der Waals surface area (Å²) in [4.78, 5) is 0. The Labute approximate surface area is 170 Å². The highest BCUT2D eigenvalue weighted by molar-refractivity contribution is 6.31. The zero-order valence-corrected chi connectivity index (χ0v) is 16.6. The average molecular weight is 423 g/mol. The SMILES string of the molecule is CCOC(=C1CCC1)c1oc2cc(Cl)ccc2c1-c1cc(F)c(F)c(OC)c1F. The zero-order valence-electron chi connectivity index (χ0n) is 15.9. The van der Waals surface area contributed by atoms with E-state index in [-0.39, 0.29) is 16.9 Å². The van der Waals surface area contributed by atoms with E-state index in [4.69, 9.17) is 25.5 Å². The molecule has 0 aliphatic heterocycles. The van der Waals surface area contributed by atoms with E-state index in [0.717, 1.165) is 38.0 Å². The van der Waals surface area contributed by atoms with Gasteiger partial charge in [-0.25, -0.2) is 8.78 Å². The number of halogens is 4. The summed E-state index contributed by atoms with van der Waals surface area (Å²) in [5.74, 6) is -3.63. The first kappa shape index (κ1) is 19.7. The monoisotopic (exact) mass is 422 g/mol. The van der Waals surface area contributed by atoms with Crippen molar-refractivity contribution in [1.29, 1.82) is 0 Å². The van der Waals surface area contributed by atoms with Gasteiger partial charge >= 0.3 is 0 Å². The summed E-state index contributed by atoms with van der Waals surface area (Å²) in [6.07, 6.45) is 2.67.